The van der Waals surface area contributed by atoms with E-state index in [1.54, 1.807) is 23.1 Å². The third kappa shape index (κ3) is 4.02. The maximum Gasteiger partial charge on any atom is 0.289 e. The van der Waals surface area contributed by atoms with Crippen LogP contribution >= 0.6 is 24.0 Å². The summed E-state index contributed by atoms with van der Waals surface area (Å²) in [6.45, 7) is 1.20. The summed E-state index contributed by atoms with van der Waals surface area (Å²) in [4.78, 5) is 1.69. The highest BCUT2D eigenvalue weighted by Gasteiger charge is 2.43. The van der Waals surface area contributed by atoms with Crippen LogP contribution in [0.25, 0.3) is 0 Å². The molecule has 3 nitrogen and oxygen atoms in total. The quantitative estimate of drug-likeness (QED) is 0.891. The monoisotopic (exact) mass is 326 g/mol. The maximum atomic E-state index is 14.1. The van der Waals surface area contributed by atoms with Crippen LogP contribution in [0.5, 0.6) is 0 Å². The first kappa shape index (κ1) is 17.6. The van der Waals surface area contributed by atoms with Crippen LogP contribution in [0.3, 0.4) is 0 Å². The molecule has 114 valence electrons. The number of hydrogen-bond donors (Lipinski definition) is 2. The van der Waals surface area contributed by atoms with Crippen molar-refractivity contribution in [1.82, 2.24) is 10.2 Å². The first-order chi connectivity index (χ1) is 9.04. The lowest BCUT2D eigenvalue weighted by Crippen LogP contribution is -2.51. The van der Waals surface area contributed by atoms with E-state index in [0.29, 0.717) is 36.8 Å². The zero-order valence-corrected chi connectivity index (χ0v) is 12.4. The Hall–Kier alpha value is -0.460. The molecule has 2 N–H and O–H groups in total. The SMILES string of the molecule is Cl.OCC(F)(F)[C@@H](c1cccc(Cl)c1)N1CCNCC1. The Morgan fingerprint density at radius 1 is 1.35 bits per heavy atom. The predicted octanol–water partition coefficient (Wildman–Crippen LogP) is 2.34. The van der Waals surface area contributed by atoms with Crippen molar-refractivity contribution in [2.75, 3.05) is 32.8 Å². The number of hydrogen-bond acceptors (Lipinski definition) is 3. The van der Waals surface area contributed by atoms with E-state index in [1.165, 1.54) is 6.07 Å². The van der Waals surface area contributed by atoms with Crippen molar-refractivity contribution < 1.29 is 13.9 Å². The third-order valence-corrected chi connectivity index (χ3v) is 3.53. The number of aliphatic hydroxyl groups excluding tert-OH is 1. The molecule has 1 fully saturated rings. The van der Waals surface area contributed by atoms with Gasteiger partial charge in [0.2, 0.25) is 0 Å². The predicted molar refractivity (Wildman–Crippen MR) is 77.9 cm³/mol. The first-order valence-electron chi connectivity index (χ1n) is 6.23. The van der Waals surface area contributed by atoms with E-state index in [1.807, 2.05) is 0 Å². The summed E-state index contributed by atoms with van der Waals surface area (Å²) in [5.41, 5.74) is 0.438. The van der Waals surface area contributed by atoms with Crippen molar-refractivity contribution in [2.24, 2.45) is 0 Å². The molecule has 0 unspecified atom stereocenters. The van der Waals surface area contributed by atoms with Crippen molar-refractivity contribution in [3.8, 4) is 0 Å². The van der Waals surface area contributed by atoms with Crippen molar-refractivity contribution in [1.29, 1.82) is 0 Å². The Labute approximate surface area is 128 Å². The number of piperazine rings is 1. The second kappa shape index (κ2) is 7.52. The number of rotatable bonds is 4. The summed E-state index contributed by atoms with van der Waals surface area (Å²) in [5.74, 6) is -3.19. The van der Waals surface area contributed by atoms with Crippen LogP contribution in [0, 0.1) is 0 Å². The van der Waals surface area contributed by atoms with E-state index in [-0.39, 0.29) is 12.4 Å². The minimum atomic E-state index is -3.19. The van der Waals surface area contributed by atoms with Gasteiger partial charge in [-0.05, 0) is 17.7 Å². The second-order valence-corrected chi connectivity index (χ2v) is 5.10. The zero-order chi connectivity index (χ0) is 13.9. The average molecular weight is 327 g/mol. The zero-order valence-electron chi connectivity index (χ0n) is 10.9. The van der Waals surface area contributed by atoms with E-state index in [9.17, 15) is 8.78 Å². The Kier molecular flexibility index (Phi) is 6.61. The Morgan fingerprint density at radius 2 is 2.00 bits per heavy atom. The summed E-state index contributed by atoms with van der Waals surface area (Å²) in [6.07, 6.45) is 0. The van der Waals surface area contributed by atoms with Gasteiger partial charge in [-0.3, -0.25) is 4.90 Å². The molecule has 0 aliphatic carbocycles. The fraction of sp³-hybridized carbons (Fsp3) is 0.538. The molecule has 20 heavy (non-hydrogen) atoms. The van der Waals surface area contributed by atoms with Crippen LogP contribution in [-0.2, 0) is 0 Å². The number of nitrogens with zero attached hydrogens (tertiary/aromatic N) is 1. The third-order valence-electron chi connectivity index (χ3n) is 3.29. The first-order valence-corrected chi connectivity index (χ1v) is 6.61. The van der Waals surface area contributed by atoms with Gasteiger partial charge in [-0.1, -0.05) is 23.7 Å². The van der Waals surface area contributed by atoms with Gasteiger partial charge in [0.25, 0.3) is 5.92 Å². The highest BCUT2D eigenvalue weighted by molar-refractivity contribution is 6.30. The number of nitrogens with one attached hydrogen (secondary N) is 1. The molecule has 1 aliphatic heterocycles. The highest BCUT2D eigenvalue weighted by Crippen LogP contribution is 2.37. The van der Waals surface area contributed by atoms with Crippen LogP contribution in [-0.4, -0.2) is 48.7 Å². The molecule has 0 spiro atoms. The van der Waals surface area contributed by atoms with Crippen molar-refractivity contribution in [2.45, 2.75) is 12.0 Å². The van der Waals surface area contributed by atoms with Crippen molar-refractivity contribution >= 4 is 24.0 Å². The van der Waals surface area contributed by atoms with Crippen LogP contribution in [0.4, 0.5) is 8.78 Å². The summed E-state index contributed by atoms with van der Waals surface area (Å²) in [5, 5.41) is 12.5. The van der Waals surface area contributed by atoms with Crippen molar-refractivity contribution in [3.63, 3.8) is 0 Å². The van der Waals surface area contributed by atoms with E-state index >= 15 is 0 Å². The van der Waals surface area contributed by atoms with Crippen LogP contribution in [0.1, 0.15) is 11.6 Å². The molecule has 0 radical (unpaired) electrons. The molecule has 0 saturated carbocycles. The fourth-order valence-corrected chi connectivity index (χ4v) is 2.62. The largest absolute Gasteiger partial charge is 0.390 e. The standard InChI is InChI=1S/C13H17ClF2N2O.ClH/c14-11-3-1-2-10(8-11)12(13(15,16)9-19)18-6-4-17-5-7-18;/h1-3,8,12,17,19H,4-7,9H2;1H/t12-;/m1./s1. The summed E-state index contributed by atoms with van der Waals surface area (Å²) < 4.78 is 28.1. The molecular formula is C13H18Cl2F2N2O. The number of alkyl halides is 2. The molecule has 1 heterocycles. The highest BCUT2D eigenvalue weighted by atomic mass is 35.5. The lowest BCUT2D eigenvalue weighted by Gasteiger charge is -2.38. The molecule has 0 amide bonds. The van der Waals surface area contributed by atoms with E-state index in [2.05, 4.69) is 5.32 Å². The van der Waals surface area contributed by atoms with Gasteiger partial charge in [-0.2, -0.15) is 0 Å². The van der Waals surface area contributed by atoms with Gasteiger partial charge in [-0.15, -0.1) is 12.4 Å². The number of benzene rings is 1. The van der Waals surface area contributed by atoms with E-state index in [0.717, 1.165) is 0 Å². The topological polar surface area (TPSA) is 35.5 Å². The summed E-state index contributed by atoms with van der Waals surface area (Å²) in [7, 11) is 0. The summed E-state index contributed by atoms with van der Waals surface area (Å²) >= 11 is 5.88. The molecule has 1 aliphatic rings. The number of halogens is 4. The molecule has 2 rings (SSSR count). The fourth-order valence-electron chi connectivity index (χ4n) is 2.43. The molecule has 1 saturated heterocycles. The molecule has 1 aromatic carbocycles. The van der Waals surface area contributed by atoms with Crippen LogP contribution < -0.4 is 5.32 Å². The molecule has 1 atom stereocenters. The maximum absolute atomic E-state index is 14.1. The Bertz CT molecular complexity index is 429. The Balaban J connectivity index is 0.00000200. The second-order valence-electron chi connectivity index (χ2n) is 4.66. The lowest BCUT2D eigenvalue weighted by molar-refractivity contribution is -0.118. The van der Waals surface area contributed by atoms with Gasteiger partial charge in [0, 0.05) is 31.2 Å². The van der Waals surface area contributed by atoms with E-state index < -0.39 is 18.6 Å². The van der Waals surface area contributed by atoms with E-state index in [4.69, 9.17) is 16.7 Å². The minimum Gasteiger partial charge on any atom is -0.390 e. The molecule has 1 aromatic rings. The van der Waals surface area contributed by atoms with Gasteiger partial charge in [-0.25, -0.2) is 8.78 Å². The minimum absolute atomic E-state index is 0. The van der Waals surface area contributed by atoms with Gasteiger partial charge in [0.1, 0.15) is 12.6 Å². The van der Waals surface area contributed by atoms with Crippen molar-refractivity contribution in [3.05, 3.63) is 34.9 Å². The average Bonchev–Trinajstić information content (AvgIpc) is 2.40. The smallest absolute Gasteiger partial charge is 0.289 e. The van der Waals surface area contributed by atoms with Crippen LogP contribution in [0.15, 0.2) is 24.3 Å². The lowest BCUT2D eigenvalue weighted by atomic mass is 9.98. The molecule has 7 heteroatoms. The summed E-state index contributed by atoms with van der Waals surface area (Å²) in [6, 6.07) is 5.33. The van der Waals surface area contributed by atoms with Gasteiger partial charge in [0.05, 0.1) is 0 Å². The van der Waals surface area contributed by atoms with Gasteiger partial charge >= 0.3 is 0 Å². The molecule has 0 bridgehead atoms. The molecule has 0 aromatic heterocycles. The Morgan fingerprint density at radius 3 is 2.55 bits per heavy atom. The normalized spacial score (nSPS) is 18.4. The van der Waals surface area contributed by atoms with Gasteiger partial charge < -0.3 is 10.4 Å². The molecular weight excluding hydrogens is 309 g/mol. The van der Waals surface area contributed by atoms with Gasteiger partial charge in [0.15, 0.2) is 0 Å². The number of aliphatic hydroxyl groups is 1. The van der Waals surface area contributed by atoms with Crippen LogP contribution in [0.2, 0.25) is 5.02 Å².